The maximum absolute atomic E-state index is 9.48. The Bertz CT molecular complexity index is 637. The molecule has 1 aliphatic carbocycles. The second-order valence-electron chi connectivity index (χ2n) is 7.72. The van der Waals surface area contributed by atoms with Crippen LogP contribution < -0.4 is 0 Å². The van der Waals surface area contributed by atoms with Crippen LogP contribution in [-0.2, 0) is 6.42 Å². The highest BCUT2D eigenvalue weighted by atomic mass is 16.3. The van der Waals surface area contributed by atoms with Crippen LogP contribution in [0.15, 0.2) is 54.6 Å². The van der Waals surface area contributed by atoms with E-state index >= 15 is 0 Å². The monoisotopic (exact) mass is 337 g/mol. The van der Waals surface area contributed by atoms with Gasteiger partial charge in [0, 0.05) is 6.04 Å². The van der Waals surface area contributed by atoms with Crippen LogP contribution >= 0.6 is 0 Å². The highest BCUT2D eigenvalue weighted by Gasteiger charge is 2.30. The summed E-state index contributed by atoms with van der Waals surface area (Å²) < 4.78 is 0. The highest BCUT2D eigenvalue weighted by molar-refractivity contribution is 5.28. The maximum atomic E-state index is 9.48. The lowest BCUT2D eigenvalue weighted by molar-refractivity contribution is 0.128. The van der Waals surface area contributed by atoms with Gasteiger partial charge in [-0.2, -0.15) is 0 Å². The number of benzene rings is 2. The maximum Gasteiger partial charge on any atom is 0.115 e. The lowest BCUT2D eigenvalue weighted by atomic mass is 9.75. The summed E-state index contributed by atoms with van der Waals surface area (Å²) in [6.07, 6.45) is 6.17. The van der Waals surface area contributed by atoms with Gasteiger partial charge in [0.05, 0.1) is 0 Å². The Morgan fingerprint density at radius 1 is 1.00 bits per heavy atom. The Balaban J connectivity index is 1.48. The van der Waals surface area contributed by atoms with Crippen LogP contribution in [0.5, 0.6) is 5.75 Å². The molecular weight excluding hydrogens is 306 g/mol. The highest BCUT2D eigenvalue weighted by Crippen LogP contribution is 2.38. The molecule has 0 aliphatic heterocycles. The van der Waals surface area contributed by atoms with Gasteiger partial charge >= 0.3 is 0 Å². The third kappa shape index (κ3) is 4.85. The second kappa shape index (κ2) is 8.53. The Morgan fingerprint density at radius 2 is 1.72 bits per heavy atom. The van der Waals surface area contributed by atoms with Crippen LogP contribution in [0.25, 0.3) is 0 Å². The first kappa shape index (κ1) is 18.0. The number of aryl methyl sites for hydroxylation is 1. The van der Waals surface area contributed by atoms with Gasteiger partial charge in [-0.05, 0) is 80.8 Å². The minimum atomic E-state index is 0.364. The number of nitrogens with zero attached hydrogens (tertiary/aromatic N) is 1. The Hall–Kier alpha value is -1.80. The molecule has 2 aromatic rings. The average Bonchev–Trinajstić information content (AvgIpc) is 2.63. The summed E-state index contributed by atoms with van der Waals surface area (Å²) in [4.78, 5) is 2.58. The molecule has 0 spiro atoms. The van der Waals surface area contributed by atoms with Crippen LogP contribution in [0.4, 0.5) is 0 Å². The fraction of sp³-hybridized carbons (Fsp3) is 0.478. The van der Waals surface area contributed by atoms with Crippen molar-refractivity contribution >= 4 is 0 Å². The minimum Gasteiger partial charge on any atom is -0.508 e. The van der Waals surface area contributed by atoms with E-state index in [4.69, 9.17) is 0 Å². The number of phenolic OH excluding ortho intramolecular Hbond substituents is 1. The van der Waals surface area contributed by atoms with E-state index in [0.29, 0.717) is 23.6 Å². The molecule has 25 heavy (non-hydrogen) atoms. The van der Waals surface area contributed by atoms with Gasteiger partial charge in [-0.1, -0.05) is 49.4 Å². The van der Waals surface area contributed by atoms with Gasteiger partial charge in [-0.3, -0.25) is 0 Å². The van der Waals surface area contributed by atoms with Gasteiger partial charge in [0.2, 0.25) is 0 Å². The summed E-state index contributed by atoms with van der Waals surface area (Å²) in [6.45, 7) is 3.58. The summed E-state index contributed by atoms with van der Waals surface area (Å²) in [6, 6.07) is 19.3. The van der Waals surface area contributed by atoms with Crippen LogP contribution in [0.3, 0.4) is 0 Å². The Kier molecular flexibility index (Phi) is 6.14. The van der Waals surface area contributed by atoms with Crippen molar-refractivity contribution in [2.75, 3.05) is 13.6 Å². The number of hydrogen-bond acceptors (Lipinski definition) is 2. The first-order valence-corrected chi connectivity index (χ1v) is 9.66. The molecule has 0 radical (unpaired) electrons. The molecule has 0 bridgehead atoms. The largest absolute Gasteiger partial charge is 0.508 e. The SMILES string of the molecule is CC1CC(c2ccc(O)cc2)CCC1N(C)CCCc1ccccc1. The minimum absolute atomic E-state index is 0.364. The molecule has 1 N–H and O–H groups in total. The Morgan fingerprint density at radius 3 is 2.40 bits per heavy atom. The van der Waals surface area contributed by atoms with Crippen molar-refractivity contribution in [2.45, 2.75) is 51.0 Å². The lowest BCUT2D eigenvalue weighted by Gasteiger charge is -2.40. The standard InChI is InChI=1S/C23H31NO/c1-18-17-21(20-10-13-22(25)14-11-20)12-15-23(18)24(2)16-6-9-19-7-4-3-5-8-19/h3-5,7-8,10-11,13-14,18,21,23,25H,6,9,12,15-17H2,1-2H3. The van der Waals surface area contributed by atoms with Crippen molar-refractivity contribution in [3.63, 3.8) is 0 Å². The van der Waals surface area contributed by atoms with Crippen LogP contribution in [0.2, 0.25) is 0 Å². The van der Waals surface area contributed by atoms with Gasteiger partial charge in [0.15, 0.2) is 0 Å². The molecule has 0 heterocycles. The van der Waals surface area contributed by atoms with E-state index in [1.165, 1.54) is 49.8 Å². The van der Waals surface area contributed by atoms with E-state index in [9.17, 15) is 5.11 Å². The molecule has 3 rings (SSSR count). The smallest absolute Gasteiger partial charge is 0.115 e. The van der Waals surface area contributed by atoms with Crippen molar-refractivity contribution in [1.29, 1.82) is 0 Å². The molecule has 3 atom stereocenters. The number of aromatic hydroxyl groups is 1. The summed E-state index contributed by atoms with van der Waals surface area (Å²) >= 11 is 0. The molecule has 0 saturated heterocycles. The molecule has 0 amide bonds. The molecule has 1 fully saturated rings. The van der Waals surface area contributed by atoms with E-state index in [1.807, 2.05) is 12.1 Å². The molecule has 2 heteroatoms. The molecule has 1 saturated carbocycles. The molecule has 1 aliphatic rings. The zero-order valence-electron chi connectivity index (χ0n) is 15.6. The van der Waals surface area contributed by atoms with Crippen molar-refractivity contribution in [1.82, 2.24) is 4.90 Å². The van der Waals surface area contributed by atoms with Gasteiger partial charge in [0.25, 0.3) is 0 Å². The van der Waals surface area contributed by atoms with E-state index in [-0.39, 0.29) is 0 Å². The number of rotatable bonds is 6. The zero-order valence-corrected chi connectivity index (χ0v) is 15.6. The summed E-state index contributed by atoms with van der Waals surface area (Å²) in [7, 11) is 2.30. The first-order chi connectivity index (χ1) is 12.1. The van der Waals surface area contributed by atoms with Crippen LogP contribution in [-0.4, -0.2) is 29.6 Å². The predicted molar refractivity (Wildman–Crippen MR) is 105 cm³/mol. The van der Waals surface area contributed by atoms with Crippen molar-refractivity contribution in [3.8, 4) is 5.75 Å². The molecule has 134 valence electrons. The van der Waals surface area contributed by atoms with E-state index in [1.54, 1.807) is 0 Å². The molecule has 3 unspecified atom stereocenters. The fourth-order valence-corrected chi connectivity index (χ4v) is 4.43. The predicted octanol–water partition coefficient (Wildman–Crippen LogP) is 5.23. The molecule has 2 aromatic carbocycles. The van der Waals surface area contributed by atoms with Gasteiger partial charge in [0.1, 0.15) is 5.75 Å². The third-order valence-electron chi connectivity index (χ3n) is 5.87. The normalized spacial score (nSPS) is 23.7. The van der Waals surface area contributed by atoms with Crippen molar-refractivity contribution in [2.24, 2.45) is 5.92 Å². The average molecular weight is 338 g/mol. The second-order valence-corrected chi connectivity index (χ2v) is 7.72. The van der Waals surface area contributed by atoms with Crippen molar-refractivity contribution < 1.29 is 5.11 Å². The lowest BCUT2D eigenvalue weighted by Crippen LogP contribution is -2.41. The van der Waals surface area contributed by atoms with E-state index < -0.39 is 0 Å². The summed E-state index contributed by atoms with van der Waals surface area (Å²) in [5.41, 5.74) is 2.83. The fourth-order valence-electron chi connectivity index (χ4n) is 4.43. The molecular formula is C23H31NO. The number of phenols is 1. The summed E-state index contributed by atoms with van der Waals surface area (Å²) in [5, 5.41) is 9.48. The summed E-state index contributed by atoms with van der Waals surface area (Å²) in [5.74, 6) is 1.72. The van der Waals surface area contributed by atoms with Gasteiger partial charge in [-0.25, -0.2) is 0 Å². The van der Waals surface area contributed by atoms with Crippen LogP contribution in [0, 0.1) is 5.92 Å². The van der Waals surface area contributed by atoms with E-state index in [0.717, 1.165) is 0 Å². The zero-order chi connectivity index (χ0) is 17.6. The van der Waals surface area contributed by atoms with Gasteiger partial charge in [-0.15, -0.1) is 0 Å². The number of hydrogen-bond donors (Lipinski definition) is 1. The van der Waals surface area contributed by atoms with Crippen molar-refractivity contribution in [3.05, 3.63) is 65.7 Å². The molecule has 2 nitrogen and oxygen atoms in total. The van der Waals surface area contributed by atoms with Crippen LogP contribution in [0.1, 0.15) is 49.7 Å². The van der Waals surface area contributed by atoms with Gasteiger partial charge < -0.3 is 10.0 Å². The molecule has 0 aromatic heterocycles. The Labute approximate surface area is 152 Å². The first-order valence-electron chi connectivity index (χ1n) is 9.66. The topological polar surface area (TPSA) is 23.5 Å². The van der Waals surface area contributed by atoms with E-state index in [2.05, 4.69) is 61.3 Å². The third-order valence-corrected chi connectivity index (χ3v) is 5.87. The quantitative estimate of drug-likeness (QED) is 0.780.